The molecule has 1 rings (SSSR count). The van der Waals surface area contributed by atoms with Gasteiger partial charge in [-0.25, -0.2) is 0 Å². The van der Waals surface area contributed by atoms with E-state index >= 15 is 0 Å². The van der Waals surface area contributed by atoms with Crippen molar-refractivity contribution in [1.29, 1.82) is 0 Å². The van der Waals surface area contributed by atoms with Crippen molar-refractivity contribution in [3.05, 3.63) is 18.0 Å². The maximum absolute atomic E-state index is 4.65. The van der Waals surface area contributed by atoms with E-state index < -0.39 is 0 Å². The molecular weight excluding hydrogens is 290 g/mol. The van der Waals surface area contributed by atoms with Gasteiger partial charge in [-0.1, -0.05) is 36.7 Å². The van der Waals surface area contributed by atoms with Gasteiger partial charge in [0, 0.05) is 23.6 Å². The lowest BCUT2D eigenvalue weighted by atomic mass is 10.2. The highest BCUT2D eigenvalue weighted by Crippen LogP contribution is 2.14. The molecule has 1 aromatic rings. The second-order valence-electron chi connectivity index (χ2n) is 5.06. The van der Waals surface area contributed by atoms with Crippen LogP contribution in [0.5, 0.6) is 0 Å². The Bertz CT molecular complexity index is 332. The Kier molecular flexibility index (Phi) is 6.94. The first-order chi connectivity index (χ1) is 8.56. The summed E-state index contributed by atoms with van der Waals surface area (Å²) in [5, 5.41) is 8.16. The van der Waals surface area contributed by atoms with Crippen LogP contribution in [-0.2, 0) is 6.54 Å². The molecule has 0 saturated carbocycles. The van der Waals surface area contributed by atoms with Crippen LogP contribution in [0, 0.1) is 0 Å². The molecule has 2 unspecified atom stereocenters. The van der Waals surface area contributed by atoms with Crippen LogP contribution in [0.4, 0.5) is 0 Å². The highest BCUT2D eigenvalue weighted by atomic mass is 79.9. The summed E-state index contributed by atoms with van der Waals surface area (Å²) in [4.78, 5) is 0.558. The van der Waals surface area contributed by atoms with Crippen LogP contribution in [0.1, 0.15) is 58.7 Å². The monoisotopic (exact) mass is 315 g/mol. The molecule has 0 aliphatic carbocycles. The quantitative estimate of drug-likeness (QED) is 0.737. The van der Waals surface area contributed by atoms with Crippen LogP contribution < -0.4 is 5.32 Å². The van der Waals surface area contributed by atoms with Crippen molar-refractivity contribution in [3.63, 3.8) is 0 Å². The molecule has 0 fully saturated rings. The number of hydrogen-bond donors (Lipinski definition) is 1. The predicted molar refractivity (Wildman–Crippen MR) is 81.2 cm³/mol. The molecular formula is C14H26BrN3. The van der Waals surface area contributed by atoms with Crippen LogP contribution in [0.25, 0.3) is 0 Å². The maximum atomic E-state index is 4.65. The minimum Gasteiger partial charge on any atom is -0.309 e. The van der Waals surface area contributed by atoms with Crippen molar-refractivity contribution in [1.82, 2.24) is 15.1 Å². The molecule has 0 radical (unpaired) electrons. The fraction of sp³-hybridized carbons (Fsp3) is 0.786. The zero-order valence-corrected chi connectivity index (χ0v) is 13.6. The molecule has 1 heterocycles. The van der Waals surface area contributed by atoms with Gasteiger partial charge in [0.05, 0.1) is 11.7 Å². The Morgan fingerprint density at radius 3 is 2.56 bits per heavy atom. The molecule has 0 bridgehead atoms. The van der Waals surface area contributed by atoms with Crippen LogP contribution >= 0.6 is 15.9 Å². The van der Waals surface area contributed by atoms with E-state index in [-0.39, 0.29) is 0 Å². The summed E-state index contributed by atoms with van der Waals surface area (Å²) >= 11 is 3.58. The Balaban J connectivity index is 2.44. The molecule has 3 nitrogen and oxygen atoms in total. The molecule has 0 saturated heterocycles. The molecule has 1 N–H and O–H groups in total. The summed E-state index contributed by atoms with van der Waals surface area (Å²) in [7, 11) is 0. The molecule has 2 atom stereocenters. The normalized spacial score (nSPS) is 15.0. The lowest BCUT2D eigenvalue weighted by Crippen LogP contribution is -2.27. The molecule has 0 amide bonds. The third-order valence-electron chi connectivity index (χ3n) is 3.29. The van der Waals surface area contributed by atoms with Crippen LogP contribution in [-0.4, -0.2) is 20.6 Å². The van der Waals surface area contributed by atoms with Crippen molar-refractivity contribution < 1.29 is 0 Å². The molecule has 18 heavy (non-hydrogen) atoms. The number of alkyl halides is 1. The highest BCUT2D eigenvalue weighted by molar-refractivity contribution is 9.09. The summed E-state index contributed by atoms with van der Waals surface area (Å²) in [6.45, 7) is 9.68. The molecule has 0 aliphatic heterocycles. The standard InChI is InChI=1S/C14H26BrN3/c1-5-14(6-2)18-8-7-13(17-18)10-16-12(4)9-11(3)15/h7-8,11-12,14,16H,5-6,9-10H2,1-4H3. The van der Waals surface area contributed by atoms with E-state index in [4.69, 9.17) is 0 Å². The van der Waals surface area contributed by atoms with Crippen molar-refractivity contribution in [2.75, 3.05) is 0 Å². The Morgan fingerprint density at radius 1 is 1.33 bits per heavy atom. The zero-order valence-electron chi connectivity index (χ0n) is 12.0. The van der Waals surface area contributed by atoms with Gasteiger partial charge in [0.15, 0.2) is 0 Å². The SMILES string of the molecule is CCC(CC)n1ccc(CNC(C)CC(C)Br)n1. The number of rotatable bonds is 8. The van der Waals surface area contributed by atoms with Gasteiger partial charge in [0.2, 0.25) is 0 Å². The van der Waals surface area contributed by atoms with Crippen molar-refractivity contribution in [3.8, 4) is 0 Å². The maximum Gasteiger partial charge on any atom is 0.0762 e. The lowest BCUT2D eigenvalue weighted by Gasteiger charge is -2.14. The summed E-state index contributed by atoms with van der Waals surface area (Å²) in [6, 6.07) is 3.17. The Labute approximate surface area is 119 Å². The van der Waals surface area contributed by atoms with Gasteiger partial charge in [-0.2, -0.15) is 5.10 Å². The average Bonchev–Trinajstić information content (AvgIpc) is 2.76. The van der Waals surface area contributed by atoms with E-state index in [0.717, 1.165) is 31.5 Å². The molecule has 104 valence electrons. The molecule has 0 aromatic carbocycles. The van der Waals surface area contributed by atoms with E-state index in [1.165, 1.54) is 0 Å². The van der Waals surface area contributed by atoms with E-state index in [1.54, 1.807) is 0 Å². The molecule has 0 aliphatic rings. The van der Waals surface area contributed by atoms with Crippen molar-refractivity contribution >= 4 is 15.9 Å². The van der Waals surface area contributed by atoms with Crippen LogP contribution in [0.15, 0.2) is 12.3 Å². The van der Waals surface area contributed by atoms with Gasteiger partial charge in [0.1, 0.15) is 0 Å². The summed E-state index contributed by atoms with van der Waals surface area (Å²) in [6.07, 6.45) is 5.52. The highest BCUT2D eigenvalue weighted by Gasteiger charge is 2.09. The summed E-state index contributed by atoms with van der Waals surface area (Å²) in [5.41, 5.74) is 1.14. The van der Waals surface area contributed by atoms with E-state index in [9.17, 15) is 0 Å². The second kappa shape index (κ2) is 7.95. The van der Waals surface area contributed by atoms with E-state index in [1.807, 2.05) is 0 Å². The third-order valence-corrected chi connectivity index (χ3v) is 3.66. The van der Waals surface area contributed by atoms with Gasteiger partial charge < -0.3 is 5.32 Å². The van der Waals surface area contributed by atoms with Gasteiger partial charge in [-0.05, 0) is 32.3 Å². The predicted octanol–water partition coefficient (Wildman–Crippen LogP) is 3.90. The largest absolute Gasteiger partial charge is 0.309 e. The third kappa shape index (κ3) is 5.11. The number of hydrogen-bond acceptors (Lipinski definition) is 2. The lowest BCUT2D eigenvalue weighted by molar-refractivity contribution is 0.422. The van der Waals surface area contributed by atoms with Crippen molar-refractivity contribution in [2.24, 2.45) is 0 Å². The van der Waals surface area contributed by atoms with Crippen LogP contribution in [0.3, 0.4) is 0 Å². The van der Waals surface area contributed by atoms with Gasteiger partial charge in [0.25, 0.3) is 0 Å². The minimum atomic E-state index is 0.512. The molecule has 0 spiro atoms. The van der Waals surface area contributed by atoms with E-state index in [0.29, 0.717) is 16.9 Å². The first kappa shape index (κ1) is 15.7. The number of halogens is 1. The zero-order chi connectivity index (χ0) is 13.5. The smallest absolute Gasteiger partial charge is 0.0762 e. The Morgan fingerprint density at radius 2 is 2.00 bits per heavy atom. The minimum absolute atomic E-state index is 0.512. The van der Waals surface area contributed by atoms with Crippen LogP contribution in [0.2, 0.25) is 0 Å². The fourth-order valence-electron chi connectivity index (χ4n) is 2.19. The summed E-state index contributed by atoms with van der Waals surface area (Å²) in [5.74, 6) is 0. The average molecular weight is 316 g/mol. The number of nitrogens with zero attached hydrogens (tertiary/aromatic N) is 2. The fourth-order valence-corrected chi connectivity index (χ4v) is 2.75. The molecule has 1 aromatic heterocycles. The van der Waals surface area contributed by atoms with Crippen molar-refractivity contribution in [2.45, 2.75) is 70.4 Å². The Hall–Kier alpha value is -0.350. The molecule has 4 heteroatoms. The van der Waals surface area contributed by atoms with E-state index in [2.05, 4.69) is 71.0 Å². The first-order valence-corrected chi connectivity index (χ1v) is 7.89. The topological polar surface area (TPSA) is 29.9 Å². The number of nitrogens with one attached hydrogen (secondary N) is 1. The van der Waals surface area contributed by atoms with Gasteiger partial charge >= 0.3 is 0 Å². The number of aromatic nitrogens is 2. The summed E-state index contributed by atoms with van der Waals surface area (Å²) < 4.78 is 2.11. The first-order valence-electron chi connectivity index (χ1n) is 6.98. The second-order valence-corrected chi connectivity index (χ2v) is 6.62. The van der Waals surface area contributed by atoms with Gasteiger partial charge in [-0.15, -0.1) is 0 Å². The van der Waals surface area contributed by atoms with Gasteiger partial charge in [-0.3, -0.25) is 4.68 Å².